The molecule has 11 heteroatoms. The predicted molar refractivity (Wildman–Crippen MR) is 185 cm³/mol. The minimum atomic E-state index is -0.598. The highest BCUT2D eigenvalue weighted by atomic mass is 16.5. The first-order valence-electron chi connectivity index (χ1n) is 15.8. The summed E-state index contributed by atoms with van der Waals surface area (Å²) in [5.41, 5.74) is 3.76. The molecule has 5 rings (SSSR count). The maximum atomic E-state index is 12.8. The Balaban J connectivity index is 1.29. The quantitative estimate of drug-likeness (QED) is 0.0761. The molecule has 1 aliphatic heterocycles. The van der Waals surface area contributed by atoms with Crippen molar-refractivity contribution in [2.75, 3.05) is 34.5 Å². The van der Waals surface area contributed by atoms with Crippen LogP contribution in [0.15, 0.2) is 84.9 Å². The molecule has 1 aliphatic rings. The van der Waals surface area contributed by atoms with Gasteiger partial charge in [-0.15, -0.1) is 0 Å². The van der Waals surface area contributed by atoms with Gasteiger partial charge in [0.1, 0.15) is 18.5 Å². The summed E-state index contributed by atoms with van der Waals surface area (Å²) in [6.07, 6.45) is 6.27. The summed E-state index contributed by atoms with van der Waals surface area (Å²) in [6, 6.07) is 19.9. The van der Waals surface area contributed by atoms with Crippen molar-refractivity contribution in [1.29, 1.82) is 0 Å². The van der Waals surface area contributed by atoms with Crippen molar-refractivity contribution >= 4 is 24.1 Å². The minimum absolute atomic E-state index is 0.00421. The number of aromatic hydroxyl groups is 3. The van der Waals surface area contributed by atoms with Crippen LogP contribution in [-0.2, 0) is 25.5 Å². The van der Waals surface area contributed by atoms with Crippen LogP contribution in [0.25, 0.3) is 12.2 Å². The molecule has 1 heterocycles. The molecule has 2 atom stereocenters. The molecule has 0 bridgehead atoms. The average Bonchev–Trinajstić information content (AvgIpc) is 3.50. The Morgan fingerprint density at radius 2 is 1.34 bits per heavy atom. The van der Waals surface area contributed by atoms with E-state index in [1.165, 1.54) is 50.6 Å². The number of methoxy groups -OCH3 is 3. The molecule has 0 aromatic heterocycles. The molecular weight excluding hydrogens is 644 g/mol. The van der Waals surface area contributed by atoms with Gasteiger partial charge in [0.05, 0.1) is 33.9 Å². The molecule has 0 spiro atoms. The Labute approximate surface area is 289 Å². The van der Waals surface area contributed by atoms with Crippen molar-refractivity contribution in [3.63, 3.8) is 0 Å². The zero-order valence-corrected chi connectivity index (χ0v) is 27.8. The Hall–Kier alpha value is -6.10. The highest BCUT2D eigenvalue weighted by Gasteiger charge is 2.39. The number of esters is 2. The standard InChI is InChI=1S/C39H38O11/c1-45-33-20-25(8-14-31(33)41)10-17-36(43)48-18-4-5-26-19-29-30(23-49-37(44)16-9-24-6-12-28(40)13-7-24)38(50-39(29)35(21-26)47-3)27-11-15-32(42)34(22-27)46-2/h6-17,19-22,30,38,40-42H,4-5,18,23H2,1-3H3. The van der Waals surface area contributed by atoms with E-state index in [4.69, 9.17) is 28.4 Å². The predicted octanol–water partition coefficient (Wildman–Crippen LogP) is 6.49. The smallest absolute Gasteiger partial charge is 0.330 e. The SMILES string of the molecule is COc1cc(C=CC(=O)OCCCc2cc(OC)c3c(c2)C(COC(=O)C=Cc2ccc(O)cc2)C(c2ccc(O)c(OC)c2)O3)ccc1O. The number of phenols is 3. The summed E-state index contributed by atoms with van der Waals surface area (Å²) in [5, 5.41) is 29.5. The Kier molecular flexibility index (Phi) is 11.5. The highest BCUT2D eigenvalue weighted by Crippen LogP contribution is 2.52. The van der Waals surface area contributed by atoms with Crippen molar-refractivity contribution in [3.8, 4) is 40.2 Å². The molecule has 4 aromatic carbocycles. The van der Waals surface area contributed by atoms with E-state index < -0.39 is 24.0 Å². The van der Waals surface area contributed by atoms with Gasteiger partial charge in [0.15, 0.2) is 34.5 Å². The zero-order chi connectivity index (χ0) is 35.6. The zero-order valence-electron chi connectivity index (χ0n) is 27.8. The van der Waals surface area contributed by atoms with Gasteiger partial charge in [0.2, 0.25) is 0 Å². The van der Waals surface area contributed by atoms with Crippen molar-refractivity contribution in [2.45, 2.75) is 24.9 Å². The summed E-state index contributed by atoms with van der Waals surface area (Å²) in [4.78, 5) is 25.1. The molecule has 50 heavy (non-hydrogen) atoms. The molecule has 0 fully saturated rings. The lowest BCUT2D eigenvalue weighted by Crippen LogP contribution is -2.17. The third kappa shape index (κ3) is 8.67. The lowest BCUT2D eigenvalue weighted by atomic mass is 9.90. The first kappa shape index (κ1) is 35.2. The number of carbonyl (C=O) groups excluding carboxylic acids is 2. The Morgan fingerprint density at radius 3 is 2.04 bits per heavy atom. The van der Waals surface area contributed by atoms with E-state index in [0.29, 0.717) is 41.2 Å². The first-order valence-corrected chi connectivity index (χ1v) is 15.8. The fraction of sp³-hybridized carbons (Fsp3) is 0.231. The number of carbonyl (C=O) groups is 2. The van der Waals surface area contributed by atoms with Crippen LogP contribution in [0.3, 0.4) is 0 Å². The van der Waals surface area contributed by atoms with Crippen LogP contribution < -0.4 is 18.9 Å². The molecule has 3 N–H and O–H groups in total. The summed E-state index contributed by atoms with van der Waals surface area (Å²) >= 11 is 0. The second-order valence-corrected chi connectivity index (χ2v) is 11.4. The number of hydrogen-bond donors (Lipinski definition) is 3. The molecular formula is C39H38O11. The maximum absolute atomic E-state index is 12.8. The third-order valence-electron chi connectivity index (χ3n) is 8.09. The summed E-state index contributed by atoms with van der Waals surface area (Å²) < 4.78 is 33.7. The largest absolute Gasteiger partial charge is 0.508 e. The number of fused-ring (bicyclic) bond motifs is 1. The normalized spacial score (nSPS) is 15.0. The van der Waals surface area contributed by atoms with E-state index in [1.54, 1.807) is 55.7 Å². The van der Waals surface area contributed by atoms with E-state index >= 15 is 0 Å². The molecule has 11 nitrogen and oxygen atoms in total. The van der Waals surface area contributed by atoms with Gasteiger partial charge >= 0.3 is 11.9 Å². The minimum Gasteiger partial charge on any atom is -0.508 e. The molecule has 0 saturated carbocycles. The fourth-order valence-electron chi connectivity index (χ4n) is 5.53. The van der Waals surface area contributed by atoms with Crippen LogP contribution in [0.2, 0.25) is 0 Å². The number of ether oxygens (including phenoxy) is 6. The van der Waals surface area contributed by atoms with Crippen LogP contribution >= 0.6 is 0 Å². The van der Waals surface area contributed by atoms with E-state index in [-0.39, 0.29) is 36.2 Å². The van der Waals surface area contributed by atoms with Gasteiger partial charge in [-0.05, 0) is 89.7 Å². The van der Waals surface area contributed by atoms with E-state index in [2.05, 4.69) is 0 Å². The highest BCUT2D eigenvalue weighted by molar-refractivity contribution is 5.87. The van der Waals surface area contributed by atoms with Crippen LogP contribution in [0.4, 0.5) is 0 Å². The lowest BCUT2D eigenvalue weighted by Gasteiger charge is -2.20. The van der Waals surface area contributed by atoms with Gasteiger partial charge in [-0.25, -0.2) is 9.59 Å². The number of rotatable bonds is 14. The van der Waals surface area contributed by atoms with E-state index in [1.807, 2.05) is 12.1 Å². The molecule has 0 radical (unpaired) electrons. The molecule has 0 amide bonds. The van der Waals surface area contributed by atoms with Crippen LogP contribution in [0.5, 0.6) is 40.2 Å². The second-order valence-electron chi connectivity index (χ2n) is 11.4. The van der Waals surface area contributed by atoms with Gasteiger partial charge in [-0.1, -0.05) is 30.3 Å². The number of phenolic OH excluding ortho intramolecular Hbond substituents is 3. The number of hydrogen-bond acceptors (Lipinski definition) is 11. The summed E-state index contributed by atoms with van der Waals surface area (Å²) in [7, 11) is 4.45. The second kappa shape index (κ2) is 16.3. The Bertz CT molecular complexity index is 1880. The number of aryl methyl sites for hydroxylation is 1. The van der Waals surface area contributed by atoms with Crippen LogP contribution in [0.1, 0.15) is 46.3 Å². The van der Waals surface area contributed by atoms with Gasteiger partial charge in [-0.3, -0.25) is 0 Å². The molecule has 2 unspecified atom stereocenters. The Morgan fingerprint density at radius 1 is 0.720 bits per heavy atom. The van der Waals surface area contributed by atoms with E-state index in [0.717, 1.165) is 16.7 Å². The monoisotopic (exact) mass is 682 g/mol. The third-order valence-corrected chi connectivity index (χ3v) is 8.09. The molecule has 0 aliphatic carbocycles. The van der Waals surface area contributed by atoms with Gasteiger partial charge in [0, 0.05) is 17.7 Å². The average molecular weight is 683 g/mol. The summed E-state index contributed by atoms with van der Waals surface area (Å²) in [5.74, 6) is 0.175. The molecule has 4 aromatic rings. The fourth-order valence-corrected chi connectivity index (χ4v) is 5.53. The lowest BCUT2D eigenvalue weighted by molar-refractivity contribution is -0.139. The van der Waals surface area contributed by atoms with Gasteiger partial charge in [-0.2, -0.15) is 0 Å². The van der Waals surface area contributed by atoms with E-state index in [9.17, 15) is 24.9 Å². The summed E-state index contributed by atoms with van der Waals surface area (Å²) in [6.45, 7) is 0.144. The topological polar surface area (TPSA) is 150 Å². The van der Waals surface area contributed by atoms with Crippen LogP contribution in [-0.4, -0.2) is 61.8 Å². The van der Waals surface area contributed by atoms with Crippen molar-refractivity contribution in [3.05, 3.63) is 113 Å². The molecule has 0 saturated heterocycles. The van der Waals surface area contributed by atoms with Crippen LogP contribution in [0, 0.1) is 0 Å². The van der Waals surface area contributed by atoms with Crippen molar-refractivity contribution in [1.82, 2.24) is 0 Å². The maximum Gasteiger partial charge on any atom is 0.330 e. The first-order chi connectivity index (χ1) is 24.2. The van der Waals surface area contributed by atoms with Crippen molar-refractivity contribution in [2.24, 2.45) is 0 Å². The van der Waals surface area contributed by atoms with Gasteiger partial charge in [0.25, 0.3) is 0 Å². The van der Waals surface area contributed by atoms with Gasteiger partial charge < -0.3 is 43.7 Å². The molecule has 260 valence electrons. The van der Waals surface area contributed by atoms with Crippen molar-refractivity contribution < 1.29 is 53.3 Å². The number of benzene rings is 4.